The Labute approximate surface area is 99.3 Å². The molecule has 16 heavy (non-hydrogen) atoms. The first kappa shape index (κ1) is 11.7. The summed E-state index contributed by atoms with van der Waals surface area (Å²) < 4.78 is 0. The van der Waals surface area contributed by atoms with E-state index in [1.165, 1.54) is 44.3 Å². The molecule has 0 heterocycles. The van der Waals surface area contributed by atoms with E-state index in [1.54, 1.807) is 0 Å². The molecule has 0 bridgehead atoms. The van der Waals surface area contributed by atoms with E-state index < -0.39 is 0 Å². The maximum Gasteiger partial charge on any atom is -0.00179 e. The van der Waals surface area contributed by atoms with Gasteiger partial charge >= 0.3 is 0 Å². The van der Waals surface area contributed by atoms with E-state index in [0.717, 1.165) is 11.8 Å². The number of unbranched alkanes of at least 4 members (excludes halogenated alkanes) is 1. The van der Waals surface area contributed by atoms with Crippen molar-refractivity contribution in [1.82, 2.24) is 5.32 Å². The SMILES string of the molecule is CC1CC1CNCCCCc1ccccc1. The molecule has 2 unspecified atom stereocenters. The average Bonchev–Trinajstić information content (AvgIpc) is 3.01. The highest BCUT2D eigenvalue weighted by atomic mass is 14.9. The van der Waals surface area contributed by atoms with Crippen LogP contribution in [-0.2, 0) is 6.42 Å². The van der Waals surface area contributed by atoms with Gasteiger partial charge in [0.15, 0.2) is 0 Å². The smallest absolute Gasteiger partial charge is 0.00179 e. The molecule has 0 spiro atoms. The van der Waals surface area contributed by atoms with Crippen LogP contribution in [-0.4, -0.2) is 13.1 Å². The molecule has 88 valence electrons. The van der Waals surface area contributed by atoms with Crippen molar-refractivity contribution < 1.29 is 0 Å². The molecule has 1 saturated carbocycles. The Morgan fingerprint density at radius 1 is 1.19 bits per heavy atom. The number of aryl methyl sites for hydroxylation is 1. The Hall–Kier alpha value is -0.820. The predicted molar refractivity (Wildman–Crippen MR) is 69.5 cm³/mol. The van der Waals surface area contributed by atoms with Gasteiger partial charge in [-0.1, -0.05) is 37.3 Å². The van der Waals surface area contributed by atoms with Gasteiger partial charge < -0.3 is 5.32 Å². The van der Waals surface area contributed by atoms with Gasteiger partial charge in [-0.3, -0.25) is 0 Å². The van der Waals surface area contributed by atoms with Crippen LogP contribution in [0.25, 0.3) is 0 Å². The monoisotopic (exact) mass is 217 g/mol. The van der Waals surface area contributed by atoms with Crippen LogP contribution in [0, 0.1) is 11.8 Å². The molecule has 0 aliphatic heterocycles. The lowest BCUT2D eigenvalue weighted by atomic mass is 10.1. The van der Waals surface area contributed by atoms with Crippen LogP contribution >= 0.6 is 0 Å². The Kier molecular flexibility index (Phi) is 4.41. The fourth-order valence-corrected chi connectivity index (χ4v) is 2.19. The first-order valence-electron chi connectivity index (χ1n) is 6.61. The molecule has 1 aliphatic rings. The lowest BCUT2D eigenvalue weighted by molar-refractivity contribution is 0.580. The Morgan fingerprint density at radius 3 is 2.62 bits per heavy atom. The van der Waals surface area contributed by atoms with Crippen molar-refractivity contribution in [2.75, 3.05) is 13.1 Å². The van der Waals surface area contributed by atoms with Crippen molar-refractivity contribution in [3.8, 4) is 0 Å². The number of rotatable bonds is 7. The molecule has 0 saturated heterocycles. The van der Waals surface area contributed by atoms with Crippen molar-refractivity contribution in [1.29, 1.82) is 0 Å². The van der Waals surface area contributed by atoms with Gasteiger partial charge in [0.1, 0.15) is 0 Å². The van der Waals surface area contributed by atoms with Crippen LogP contribution in [0.4, 0.5) is 0 Å². The number of hydrogen-bond donors (Lipinski definition) is 1. The summed E-state index contributed by atoms with van der Waals surface area (Å²) in [6, 6.07) is 10.8. The minimum absolute atomic E-state index is 0.981. The van der Waals surface area contributed by atoms with E-state index in [2.05, 4.69) is 42.6 Å². The zero-order chi connectivity index (χ0) is 11.2. The van der Waals surface area contributed by atoms with Crippen molar-refractivity contribution in [2.45, 2.75) is 32.6 Å². The second-order valence-corrected chi connectivity index (χ2v) is 5.12. The summed E-state index contributed by atoms with van der Waals surface area (Å²) in [5.74, 6) is 1.96. The van der Waals surface area contributed by atoms with Gasteiger partial charge in [-0.25, -0.2) is 0 Å². The Morgan fingerprint density at radius 2 is 1.94 bits per heavy atom. The van der Waals surface area contributed by atoms with Crippen molar-refractivity contribution in [2.24, 2.45) is 11.8 Å². The van der Waals surface area contributed by atoms with Gasteiger partial charge in [0.05, 0.1) is 0 Å². The summed E-state index contributed by atoms with van der Waals surface area (Å²) >= 11 is 0. The van der Waals surface area contributed by atoms with Gasteiger partial charge in [-0.2, -0.15) is 0 Å². The van der Waals surface area contributed by atoms with E-state index in [0.29, 0.717) is 0 Å². The lowest BCUT2D eigenvalue weighted by Crippen LogP contribution is -2.18. The normalized spacial score (nSPS) is 23.3. The molecular weight excluding hydrogens is 194 g/mol. The van der Waals surface area contributed by atoms with Crippen LogP contribution in [0.5, 0.6) is 0 Å². The molecule has 1 heteroatoms. The molecule has 0 amide bonds. The summed E-state index contributed by atoms with van der Waals surface area (Å²) in [4.78, 5) is 0. The second-order valence-electron chi connectivity index (χ2n) is 5.12. The van der Waals surface area contributed by atoms with Crippen molar-refractivity contribution >= 4 is 0 Å². The third-order valence-corrected chi connectivity index (χ3v) is 3.59. The van der Waals surface area contributed by atoms with Crippen molar-refractivity contribution in [3.63, 3.8) is 0 Å². The second kappa shape index (κ2) is 6.05. The molecule has 2 atom stereocenters. The highest BCUT2D eigenvalue weighted by Gasteiger charge is 2.31. The first-order chi connectivity index (χ1) is 7.86. The van der Waals surface area contributed by atoms with Gasteiger partial charge in [0.2, 0.25) is 0 Å². The molecule has 2 rings (SSSR count). The molecule has 1 nitrogen and oxygen atoms in total. The molecule has 1 N–H and O–H groups in total. The lowest BCUT2D eigenvalue weighted by Gasteiger charge is -2.04. The quantitative estimate of drug-likeness (QED) is 0.691. The number of nitrogens with one attached hydrogen (secondary N) is 1. The van der Waals surface area contributed by atoms with Gasteiger partial charge in [-0.05, 0) is 56.2 Å². The summed E-state index contributed by atoms with van der Waals surface area (Å²) in [6.45, 7) is 4.78. The molecular formula is C15H23N. The molecule has 1 aromatic rings. The van der Waals surface area contributed by atoms with E-state index >= 15 is 0 Å². The fourth-order valence-electron chi connectivity index (χ4n) is 2.19. The fraction of sp³-hybridized carbons (Fsp3) is 0.600. The number of hydrogen-bond acceptors (Lipinski definition) is 1. The average molecular weight is 217 g/mol. The van der Waals surface area contributed by atoms with Crippen LogP contribution in [0.1, 0.15) is 31.7 Å². The molecule has 0 radical (unpaired) electrons. The van der Waals surface area contributed by atoms with E-state index in [1.807, 2.05) is 0 Å². The Balaban J connectivity index is 1.46. The van der Waals surface area contributed by atoms with E-state index in [-0.39, 0.29) is 0 Å². The minimum Gasteiger partial charge on any atom is -0.316 e. The maximum atomic E-state index is 3.56. The summed E-state index contributed by atoms with van der Waals surface area (Å²) in [6.07, 6.45) is 5.27. The largest absolute Gasteiger partial charge is 0.316 e. The third-order valence-electron chi connectivity index (χ3n) is 3.59. The molecule has 0 aromatic heterocycles. The van der Waals surface area contributed by atoms with Crippen molar-refractivity contribution in [3.05, 3.63) is 35.9 Å². The zero-order valence-electron chi connectivity index (χ0n) is 10.3. The van der Waals surface area contributed by atoms with E-state index in [4.69, 9.17) is 0 Å². The third kappa shape index (κ3) is 3.97. The van der Waals surface area contributed by atoms with Gasteiger partial charge in [0.25, 0.3) is 0 Å². The molecule has 1 aliphatic carbocycles. The minimum atomic E-state index is 0.981. The first-order valence-corrected chi connectivity index (χ1v) is 6.61. The van der Waals surface area contributed by atoms with Gasteiger partial charge in [0, 0.05) is 0 Å². The zero-order valence-corrected chi connectivity index (χ0v) is 10.3. The Bertz CT molecular complexity index is 294. The van der Waals surface area contributed by atoms with E-state index in [9.17, 15) is 0 Å². The topological polar surface area (TPSA) is 12.0 Å². The van der Waals surface area contributed by atoms with Crippen LogP contribution < -0.4 is 5.32 Å². The molecule has 1 fully saturated rings. The van der Waals surface area contributed by atoms with Gasteiger partial charge in [-0.15, -0.1) is 0 Å². The van der Waals surface area contributed by atoms with Crippen LogP contribution in [0.3, 0.4) is 0 Å². The summed E-state index contributed by atoms with van der Waals surface area (Å²) in [7, 11) is 0. The highest BCUT2D eigenvalue weighted by molar-refractivity contribution is 5.14. The highest BCUT2D eigenvalue weighted by Crippen LogP contribution is 2.36. The van der Waals surface area contributed by atoms with Crippen LogP contribution in [0.15, 0.2) is 30.3 Å². The summed E-state index contributed by atoms with van der Waals surface area (Å²) in [5.41, 5.74) is 1.47. The summed E-state index contributed by atoms with van der Waals surface area (Å²) in [5, 5.41) is 3.56. The van der Waals surface area contributed by atoms with Crippen LogP contribution in [0.2, 0.25) is 0 Å². The predicted octanol–water partition coefficient (Wildman–Crippen LogP) is 3.25. The molecule has 1 aromatic carbocycles. The standard InChI is InChI=1S/C15H23N/c1-13-11-15(13)12-16-10-6-5-9-14-7-3-2-4-8-14/h2-4,7-8,13,15-16H,5-6,9-12H2,1H3. The number of benzene rings is 1. The maximum absolute atomic E-state index is 3.56.